The van der Waals surface area contributed by atoms with Crippen molar-refractivity contribution < 1.29 is 14.3 Å². The topological polar surface area (TPSA) is 35.5 Å². The molecule has 3 fully saturated rings. The molecule has 1 aromatic carbocycles. The van der Waals surface area contributed by atoms with Crippen molar-refractivity contribution in [3.05, 3.63) is 35.9 Å². The zero-order valence-corrected chi connectivity index (χ0v) is 14.5. The molecule has 0 amide bonds. The van der Waals surface area contributed by atoms with E-state index in [1.165, 1.54) is 31.2 Å². The molecule has 0 aromatic heterocycles. The number of hydrogen-bond donors (Lipinski definition) is 0. The number of carbonyl (C=O) groups excluding carboxylic acids is 1. The van der Waals surface area contributed by atoms with Gasteiger partial charge in [0.1, 0.15) is 6.10 Å². The highest BCUT2D eigenvalue weighted by Crippen LogP contribution is 2.52. The van der Waals surface area contributed by atoms with Gasteiger partial charge in [0.2, 0.25) is 0 Å². The minimum atomic E-state index is 0.0108. The Labute approximate surface area is 144 Å². The molecule has 0 radical (unpaired) electrons. The van der Waals surface area contributed by atoms with E-state index in [0.29, 0.717) is 24.4 Å². The van der Waals surface area contributed by atoms with E-state index in [0.717, 1.165) is 18.9 Å². The number of fused-ring (bicyclic) bond motifs is 2. The molecule has 0 N–H and O–H groups in total. The molecule has 1 aromatic rings. The number of benzene rings is 1. The van der Waals surface area contributed by atoms with Crippen LogP contribution in [0.1, 0.15) is 44.6 Å². The summed E-state index contributed by atoms with van der Waals surface area (Å²) in [6, 6.07) is 10.4. The third-order valence-corrected chi connectivity index (χ3v) is 6.62. The Morgan fingerprint density at radius 1 is 1.17 bits per heavy atom. The monoisotopic (exact) mass is 328 g/mol. The molecule has 3 nitrogen and oxygen atoms in total. The molecule has 1 aliphatic heterocycles. The second-order valence-corrected chi connectivity index (χ2v) is 7.95. The quantitative estimate of drug-likeness (QED) is 0.777. The lowest BCUT2D eigenvalue weighted by Crippen LogP contribution is -2.46. The molecule has 0 unspecified atom stereocenters. The molecule has 0 spiro atoms. The van der Waals surface area contributed by atoms with Crippen molar-refractivity contribution in [2.75, 3.05) is 6.61 Å². The highest BCUT2D eigenvalue weighted by Gasteiger charge is 2.53. The van der Waals surface area contributed by atoms with Crippen LogP contribution in [-0.2, 0) is 20.9 Å². The average molecular weight is 328 g/mol. The summed E-state index contributed by atoms with van der Waals surface area (Å²) in [6.45, 7) is 3.48. The Kier molecular flexibility index (Phi) is 4.62. The minimum absolute atomic E-state index is 0.0108. The van der Waals surface area contributed by atoms with Crippen LogP contribution in [0.5, 0.6) is 0 Å². The van der Waals surface area contributed by atoms with Crippen LogP contribution in [0.4, 0.5) is 0 Å². The van der Waals surface area contributed by atoms with Crippen molar-refractivity contribution in [1.82, 2.24) is 0 Å². The Balaban J connectivity index is 1.47. The fourth-order valence-electron chi connectivity index (χ4n) is 5.46. The molecule has 1 heterocycles. The zero-order chi connectivity index (χ0) is 16.5. The molecular formula is C21H28O3. The van der Waals surface area contributed by atoms with E-state index < -0.39 is 0 Å². The SMILES string of the molecule is C[C@@H]1C(=O)O[C@H]2C[C@@H]3CCCC[C@H]3[C@H](COCc3ccccc3)[C@H]21. The third kappa shape index (κ3) is 2.99. The molecule has 3 heteroatoms. The fourth-order valence-corrected chi connectivity index (χ4v) is 5.46. The van der Waals surface area contributed by atoms with E-state index in [2.05, 4.69) is 31.2 Å². The van der Waals surface area contributed by atoms with Gasteiger partial charge in [-0.3, -0.25) is 4.79 Å². The van der Waals surface area contributed by atoms with Gasteiger partial charge in [-0.25, -0.2) is 0 Å². The summed E-state index contributed by atoms with van der Waals surface area (Å²) in [4.78, 5) is 12.1. The first-order valence-electron chi connectivity index (χ1n) is 9.56. The van der Waals surface area contributed by atoms with Gasteiger partial charge in [-0.2, -0.15) is 0 Å². The van der Waals surface area contributed by atoms with E-state index in [4.69, 9.17) is 9.47 Å². The van der Waals surface area contributed by atoms with Crippen LogP contribution in [0.25, 0.3) is 0 Å². The van der Waals surface area contributed by atoms with Crippen molar-refractivity contribution in [3.8, 4) is 0 Å². The van der Waals surface area contributed by atoms with Crippen LogP contribution in [-0.4, -0.2) is 18.7 Å². The number of esters is 1. The normalized spacial score (nSPS) is 38.3. The van der Waals surface area contributed by atoms with Crippen molar-refractivity contribution in [2.45, 2.75) is 51.7 Å². The second kappa shape index (κ2) is 6.87. The highest BCUT2D eigenvalue weighted by molar-refractivity contribution is 5.75. The van der Waals surface area contributed by atoms with Gasteiger partial charge in [-0.1, -0.05) is 56.5 Å². The summed E-state index contributed by atoms with van der Waals surface area (Å²) < 4.78 is 11.9. The Morgan fingerprint density at radius 2 is 1.96 bits per heavy atom. The van der Waals surface area contributed by atoms with E-state index in [-0.39, 0.29) is 18.0 Å². The Morgan fingerprint density at radius 3 is 2.79 bits per heavy atom. The summed E-state index contributed by atoms with van der Waals surface area (Å²) in [5, 5.41) is 0. The molecule has 2 aliphatic carbocycles. The van der Waals surface area contributed by atoms with Gasteiger partial charge in [0.05, 0.1) is 19.1 Å². The van der Waals surface area contributed by atoms with E-state index >= 15 is 0 Å². The summed E-state index contributed by atoms with van der Waals surface area (Å²) in [6.07, 6.45) is 6.48. The maximum absolute atomic E-state index is 12.1. The van der Waals surface area contributed by atoms with Crippen LogP contribution in [0.2, 0.25) is 0 Å². The number of ether oxygens (including phenoxy) is 2. The lowest BCUT2D eigenvalue weighted by Gasteiger charge is -2.46. The second-order valence-electron chi connectivity index (χ2n) is 7.95. The molecule has 3 aliphatic rings. The summed E-state index contributed by atoms with van der Waals surface area (Å²) in [5.41, 5.74) is 1.22. The maximum Gasteiger partial charge on any atom is 0.309 e. The van der Waals surface area contributed by atoms with Gasteiger partial charge in [0, 0.05) is 5.92 Å². The van der Waals surface area contributed by atoms with Gasteiger partial charge < -0.3 is 9.47 Å². The first kappa shape index (κ1) is 16.1. The van der Waals surface area contributed by atoms with Gasteiger partial charge in [0.25, 0.3) is 0 Å². The van der Waals surface area contributed by atoms with Crippen molar-refractivity contribution in [1.29, 1.82) is 0 Å². The largest absolute Gasteiger partial charge is 0.462 e. The van der Waals surface area contributed by atoms with Crippen LogP contribution in [0, 0.1) is 29.6 Å². The van der Waals surface area contributed by atoms with Crippen LogP contribution >= 0.6 is 0 Å². The predicted octanol–water partition coefficient (Wildman–Crippen LogP) is 4.21. The Hall–Kier alpha value is -1.35. The smallest absolute Gasteiger partial charge is 0.309 e. The molecule has 24 heavy (non-hydrogen) atoms. The first-order valence-corrected chi connectivity index (χ1v) is 9.56. The lowest BCUT2D eigenvalue weighted by molar-refractivity contribution is -0.145. The number of hydrogen-bond acceptors (Lipinski definition) is 3. The van der Waals surface area contributed by atoms with Gasteiger partial charge in [-0.15, -0.1) is 0 Å². The van der Waals surface area contributed by atoms with Crippen molar-refractivity contribution in [3.63, 3.8) is 0 Å². The van der Waals surface area contributed by atoms with Crippen molar-refractivity contribution >= 4 is 5.97 Å². The molecule has 130 valence electrons. The Bertz CT molecular complexity index is 570. The van der Waals surface area contributed by atoms with Crippen LogP contribution < -0.4 is 0 Å². The van der Waals surface area contributed by atoms with E-state index in [1.807, 2.05) is 6.07 Å². The minimum Gasteiger partial charge on any atom is -0.462 e. The standard InChI is InChI=1S/C21H28O3/c1-14-20-18(13-23-12-15-7-3-2-4-8-15)17-10-6-5-9-16(17)11-19(20)24-21(14)22/h2-4,7-8,14,16-20H,5-6,9-13H2,1H3/t14-,16-,17+,18-,19-,20+/m0/s1. The fraction of sp³-hybridized carbons (Fsp3) is 0.667. The molecule has 6 atom stereocenters. The molecular weight excluding hydrogens is 300 g/mol. The summed E-state index contributed by atoms with van der Waals surface area (Å²) in [7, 11) is 0. The molecule has 1 saturated heterocycles. The third-order valence-electron chi connectivity index (χ3n) is 6.62. The van der Waals surface area contributed by atoms with E-state index in [9.17, 15) is 4.79 Å². The summed E-state index contributed by atoms with van der Waals surface area (Å²) in [5.74, 6) is 2.31. The van der Waals surface area contributed by atoms with Gasteiger partial charge in [0.15, 0.2) is 0 Å². The van der Waals surface area contributed by atoms with Crippen molar-refractivity contribution in [2.24, 2.45) is 29.6 Å². The lowest BCUT2D eigenvalue weighted by atomic mass is 9.59. The molecule has 0 bridgehead atoms. The maximum atomic E-state index is 12.1. The first-order chi connectivity index (χ1) is 11.7. The van der Waals surface area contributed by atoms with Crippen LogP contribution in [0.15, 0.2) is 30.3 Å². The number of rotatable bonds is 4. The van der Waals surface area contributed by atoms with Gasteiger partial charge >= 0.3 is 5.97 Å². The zero-order valence-electron chi connectivity index (χ0n) is 14.5. The van der Waals surface area contributed by atoms with E-state index in [1.54, 1.807) is 0 Å². The highest BCUT2D eigenvalue weighted by atomic mass is 16.6. The molecule has 4 rings (SSSR count). The predicted molar refractivity (Wildman–Crippen MR) is 92.2 cm³/mol. The average Bonchev–Trinajstić information content (AvgIpc) is 2.89. The number of carbonyl (C=O) groups is 1. The summed E-state index contributed by atoms with van der Waals surface area (Å²) >= 11 is 0. The molecule has 2 saturated carbocycles. The van der Waals surface area contributed by atoms with Crippen LogP contribution in [0.3, 0.4) is 0 Å². The van der Waals surface area contributed by atoms with Gasteiger partial charge in [-0.05, 0) is 36.2 Å².